The van der Waals surface area contributed by atoms with Gasteiger partial charge in [-0.2, -0.15) is 13.2 Å². The van der Waals surface area contributed by atoms with Crippen LogP contribution in [-0.2, 0) is 20.6 Å². The summed E-state index contributed by atoms with van der Waals surface area (Å²) in [6.07, 6.45) is -4.17. The first-order valence-corrected chi connectivity index (χ1v) is 7.45. The Morgan fingerprint density at radius 3 is 2.62 bits per heavy atom. The third-order valence-corrected chi connectivity index (χ3v) is 4.76. The van der Waals surface area contributed by atoms with Gasteiger partial charge in [0.2, 0.25) is 0 Å². The van der Waals surface area contributed by atoms with Crippen molar-refractivity contribution in [3.63, 3.8) is 0 Å². The van der Waals surface area contributed by atoms with Crippen molar-refractivity contribution < 1.29 is 18.3 Å². The molecule has 1 aliphatic rings. The number of imidazole rings is 1. The van der Waals surface area contributed by atoms with E-state index in [1.165, 1.54) is 22.5 Å². The molecule has 0 saturated heterocycles. The van der Waals surface area contributed by atoms with E-state index in [4.69, 9.17) is 0 Å². The number of fused-ring (bicyclic) bond motifs is 1. The number of aliphatic hydroxyl groups is 1. The lowest BCUT2D eigenvalue weighted by Crippen LogP contribution is -2.44. The maximum atomic E-state index is 12.9. The van der Waals surface area contributed by atoms with Gasteiger partial charge in [0.1, 0.15) is 0 Å². The van der Waals surface area contributed by atoms with Crippen LogP contribution < -0.4 is 11.2 Å². The minimum Gasteiger partial charge on any atom is -0.380 e. The molecule has 1 aliphatic carbocycles. The van der Waals surface area contributed by atoms with Crippen LogP contribution in [0.25, 0.3) is 11.2 Å². The van der Waals surface area contributed by atoms with Crippen molar-refractivity contribution in [1.82, 2.24) is 18.7 Å². The molecule has 0 unspecified atom stereocenters. The summed E-state index contributed by atoms with van der Waals surface area (Å²) in [7, 11) is 3.05. The smallest absolute Gasteiger partial charge is 0.380 e. The zero-order valence-electron chi connectivity index (χ0n) is 13.2. The van der Waals surface area contributed by atoms with Crippen molar-refractivity contribution in [3.8, 4) is 0 Å². The molecule has 10 heteroatoms. The fourth-order valence-electron chi connectivity index (χ4n) is 3.35. The first kappa shape index (κ1) is 16.7. The van der Waals surface area contributed by atoms with Gasteiger partial charge in [-0.3, -0.25) is 13.9 Å². The Hall–Kier alpha value is -2.10. The molecule has 0 bridgehead atoms. The summed E-state index contributed by atoms with van der Waals surface area (Å²) in [5.41, 5.74) is -3.53. The van der Waals surface area contributed by atoms with Gasteiger partial charge in [-0.25, -0.2) is 9.78 Å². The summed E-state index contributed by atoms with van der Waals surface area (Å²) in [6, 6.07) is 0. The van der Waals surface area contributed by atoms with Crippen molar-refractivity contribution in [2.24, 2.45) is 20.0 Å². The van der Waals surface area contributed by atoms with E-state index in [9.17, 15) is 27.9 Å². The molecule has 0 amide bonds. The second-order valence-electron chi connectivity index (χ2n) is 6.42. The fourth-order valence-corrected chi connectivity index (χ4v) is 3.35. The minimum absolute atomic E-state index is 0.0923. The average Bonchev–Trinajstić information content (AvgIpc) is 3.05. The quantitative estimate of drug-likeness (QED) is 0.860. The monoisotopic (exact) mass is 346 g/mol. The molecule has 3 rings (SSSR count). The summed E-state index contributed by atoms with van der Waals surface area (Å²) in [4.78, 5) is 28.9. The van der Waals surface area contributed by atoms with Crippen LogP contribution in [-0.4, -0.2) is 35.6 Å². The molecule has 0 aliphatic heterocycles. The molecule has 0 aromatic carbocycles. The largest absolute Gasteiger partial charge is 0.417 e. The van der Waals surface area contributed by atoms with Crippen molar-refractivity contribution in [1.29, 1.82) is 0 Å². The van der Waals surface area contributed by atoms with Gasteiger partial charge in [0.15, 0.2) is 16.8 Å². The van der Waals surface area contributed by atoms with Crippen LogP contribution in [0.4, 0.5) is 13.2 Å². The zero-order chi connectivity index (χ0) is 17.9. The standard InChI is InChI=1S/C14H17F3N4O3/c1-19-7-18-10-9(19)11(22)21(12(23)20(10)2)6-8-3-4-13(24,5-8)14(15,16)17/h7-8,24H,3-6H2,1-2H3/t8-,13+/m0/s1. The summed E-state index contributed by atoms with van der Waals surface area (Å²) in [6.45, 7) is -0.162. The lowest BCUT2D eigenvalue weighted by molar-refractivity contribution is -0.258. The molecule has 24 heavy (non-hydrogen) atoms. The van der Waals surface area contributed by atoms with Crippen LogP contribution in [0.3, 0.4) is 0 Å². The van der Waals surface area contributed by atoms with Crippen LogP contribution >= 0.6 is 0 Å². The predicted molar refractivity (Wildman–Crippen MR) is 78.6 cm³/mol. The summed E-state index contributed by atoms with van der Waals surface area (Å²) in [5, 5.41) is 9.74. The SMILES string of the molecule is Cn1cnc2c1c(=O)n(C[C@H]1CC[C@](O)(C(F)(F)F)C1)c(=O)n2C. The van der Waals surface area contributed by atoms with Crippen LogP contribution in [0.2, 0.25) is 0 Å². The molecule has 2 heterocycles. The van der Waals surface area contributed by atoms with E-state index < -0.39 is 41.8 Å². The maximum absolute atomic E-state index is 12.9. The molecule has 0 spiro atoms. The van der Waals surface area contributed by atoms with Crippen LogP contribution in [0.5, 0.6) is 0 Å². The number of halogens is 3. The Bertz CT molecular complexity index is 911. The molecular formula is C14H17F3N4O3. The van der Waals surface area contributed by atoms with E-state index in [-0.39, 0.29) is 24.1 Å². The zero-order valence-corrected chi connectivity index (χ0v) is 13.2. The summed E-state index contributed by atoms with van der Waals surface area (Å²) >= 11 is 0. The Kier molecular flexibility index (Phi) is 3.63. The average molecular weight is 346 g/mol. The topological polar surface area (TPSA) is 82.1 Å². The molecule has 2 aromatic rings. The second-order valence-corrected chi connectivity index (χ2v) is 6.42. The first-order chi connectivity index (χ1) is 11.0. The van der Waals surface area contributed by atoms with E-state index in [1.54, 1.807) is 7.05 Å². The normalized spacial score (nSPS) is 24.8. The second kappa shape index (κ2) is 5.20. The predicted octanol–water partition coefficient (Wildman–Crippen LogP) is 0.527. The van der Waals surface area contributed by atoms with Crippen molar-refractivity contribution >= 4 is 11.2 Å². The lowest BCUT2D eigenvalue weighted by Gasteiger charge is -2.25. The maximum Gasteiger partial charge on any atom is 0.417 e. The number of alkyl halides is 3. The highest BCUT2D eigenvalue weighted by atomic mass is 19.4. The van der Waals surface area contributed by atoms with E-state index in [0.717, 1.165) is 4.57 Å². The fraction of sp³-hybridized carbons (Fsp3) is 0.643. The Morgan fingerprint density at radius 1 is 1.38 bits per heavy atom. The Labute approximate surface area is 134 Å². The Morgan fingerprint density at radius 2 is 2.04 bits per heavy atom. The number of aromatic nitrogens is 4. The highest BCUT2D eigenvalue weighted by molar-refractivity contribution is 5.69. The lowest BCUT2D eigenvalue weighted by atomic mass is 9.99. The van der Waals surface area contributed by atoms with Crippen LogP contribution in [0.15, 0.2) is 15.9 Å². The minimum atomic E-state index is -4.72. The molecule has 0 radical (unpaired) electrons. The molecule has 2 atom stereocenters. The van der Waals surface area contributed by atoms with E-state index in [2.05, 4.69) is 4.98 Å². The third-order valence-electron chi connectivity index (χ3n) is 4.76. The Balaban J connectivity index is 1.99. The van der Waals surface area contributed by atoms with Gasteiger partial charge in [-0.05, 0) is 25.2 Å². The summed E-state index contributed by atoms with van der Waals surface area (Å²) in [5.74, 6) is -0.604. The van der Waals surface area contributed by atoms with Gasteiger partial charge in [0, 0.05) is 20.6 Å². The van der Waals surface area contributed by atoms with E-state index >= 15 is 0 Å². The van der Waals surface area contributed by atoms with Crippen molar-refractivity contribution in [3.05, 3.63) is 27.2 Å². The molecule has 1 fully saturated rings. The van der Waals surface area contributed by atoms with Crippen molar-refractivity contribution in [2.75, 3.05) is 0 Å². The summed E-state index contributed by atoms with van der Waals surface area (Å²) < 4.78 is 42.3. The van der Waals surface area contributed by atoms with Crippen LogP contribution in [0, 0.1) is 5.92 Å². The molecule has 2 aromatic heterocycles. The van der Waals surface area contributed by atoms with E-state index in [0.29, 0.717) is 0 Å². The molecule has 1 saturated carbocycles. The molecule has 132 valence electrons. The van der Waals surface area contributed by atoms with Crippen molar-refractivity contribution in [2.45, 2.75) is 37.6 Å². The van der Waals surface area contributed by atoms with Gasteiger partial charge >= 0.3 is 11.9 Å². The van der Waals surface area contributed by atoms with Gasteiger partial charge < -0.3 is 9.67 Å². The number of nitrogens with zero attached hydrogens (tertiary/aromatic N) is 4. The number of hydrogen-bond donors (Lipinski definition) is 1. The van der Waals surface area contributed by atoms with Gasteiger partial charge in [0.25, 0.3) is 5.56 Å². The molecule has 7 nitrogen and oxygen atoms in total. The first-order valence-electron chi connectivity index (χ1n) is 7.45. The number of aryl methyl sites for hydroxylation is 2. The van der Waals surface area contributed by atoms with Crippen LogP contribution in [0.1, 0.15) is 19.3 Å². The third kappa shape index (κ3) is 2.36. The molecule has 1 N–H and O–H groups in total. The van der Waals surface area contributed by atoms with Gasteiger partial charge in [-0.1, -0.05) is 0 Å². The molecular weight excluding hydrogens is 329 g/mol. The van der Waals surface area contributed by atoms with Gasteiger partial charge in [0.05, 0.1) is 6.33 Å². The van der Waals surface area contributed by atoms with E-state index in [1.807, 2.05) is 0 Å². The highest BCUT2D eigenvalue weighted by Crippen LogP contribution is 2.45. The van der Waals surface area contributed by atoms with Gasteiger partial charge in [-0.15, -0.1) is 0 Å². The number of rotatable bonds is 2. The number of hydrogen-bond acceptors (Lipinski definition) is 4. The highest BCUT2D eigenvalue weighted by Gasteiger charge is 2.57.